The molecule has 3 rings (SSSR count). The van der Waals surface area contributed by atoms with Gasteiger partial charge in [-0.15, -0.1) is 11.3 Å². The smallest absolute Gasteiger partial charge is 0.254 e. The number of aryl methyl sites for hydroxylation is 2. The van der Waals surface area contributed by atoms with Gasteiger partial charge in [0.05, 0.1) is 23.1 Å². The minimum absolute atomic E-state index is 0.111. The molecule has 0 fully saturated rings. The molecule has 0 bridgehead atoms. The standard InChI is InChI=1S/C19H23N5OS2/c1-12-10-15(14(3)27-12)17-6-8-21-19(23-17)24-13(2)16(11-22-24)18(25)20-7-5-9-26-4/h6,8,10-11H,5,7,9H2,1-4H3,(H,20,25). The van der Waals surface area contributed by atoms with Crippen molar-refractivity contribution >= 4 is 29.0 Å². The first-order valence-electron chi connectivity index (χ1n) is 8.74. The highest BCUT2D eigenvalue weighted by Crippen LogP contribution is 2.29. The zero-order chi connectivity index (χ0) is 19.4. The van der Waals surface area contributed by atoms with E-state index in [9.17, 15) is 4.79 Å². The third-order valence-corrected chi connectivity index (χ3v) is 5.88. The Morgan fingerprint density at radius 2 is 2.15 bits per heavy atom. The first-order chi connectivity index (χ1) is 13.0. The quantitative estimate of drug-likeness (QED) is 0.610. The molecule has 0 aliphatic rings. The van der Waals surface area contributed by atoms with Crippen LogP contribution in [0.1, 0.15) is 32.2 Å². The highest BCUT2D eigenvalue weighted by molar-refractivity contribution is 7.98. The van der Waals surface area contributed by atoms with Crippen molar-refractivity contribution in [2.75, 3.05) is 18.6 Å². The number of thiophene rings is 1. The van der Waals surface area contributed by atoms with E-state index >= 15 is 0 Å². The number of thioether (sulfide) groups is 1. The van der Waals surface area contributed by atoms with Crippen LogP contribution in [0.5, 0.6) is 0 Å². The minimum atomic E-state index is -0.111. The molecule has 0 unspecified atom stereocenters. The molecule has 1 N–H and O–H groups in total. The van der Waals surface area contributed by atoms with Crippen LogP contribution in [0.3, 0.4) is 0 Å². The molecule has 0 aliphatic carbocycles. The zero-order valence-electron chi connectivity index (χ0n) is 15.9. The number of nitrogens with zero attached hydrogens (tertiary/aromatic N) is 4. The molecule has 1 amide bonds. The second-order valence-corrected chi connectivity index (χ2v) is 8.67. The monoisotopic (exact) mass is 401 g/mol. The summed E-state index contributed by atoms with van der Waals surface area (Å²) >= 11 is 3.52. The second-order valence-electron chi connectivity index (χ2n) is 6.23. The van der Waals surface area contributed by atoms with E-state index in [4.69, 9.17) is 0 Å². The molecule has 6 nitrogen and oxygen atoms in total. The fraction of sp³-hybridized carbons (Fsp3) is 0.368. The SMILES string of the molecule is CSCCCNC(=O)c1cnn(-c2nccc(-c3cc(C)sc3C)n2)c1C. The average Bonchev–Trinajstić information content (AvgIpc) is 3.20. The van der Waals surface area contributed by atoms with Crippen molar-refractivity contribution in [2.24, 2.45) is 0 Å². The number of amides is 1. The molecule has 0 spiro atoms. The van der Waals surface area contributed by atoms with Crippen LogP contribution in [-0.2, 0) is 0 Å². The van der Waals surface area contributed by atoms with Gasteiger partial charge in [0.1, 0.15) is 0 Å². The van der Waals surface area contributed by atoms with Gasteiger partial charge in [-0.3, -0.25) is 4.79 Å². The summed E-state index contributed by atoms with van der Waals surface area (Å²) in [6.07, 6.45) is 6.32. The van der Waals surface area contributed by atoms with Crippen molar-refractivity contribution in [3.8, 4) is 17.2 Å². The second kappa shape index (κ2) is 8.67. The van der Waals surface area contributed by atoms with Gasteiger partial charge in [0.2, 0.25) is 0 Å². The van der Waals surface area contributed by atoms with Gasteiger partial charge in [0.15, 0.2) is 0 Å². The molecule has 142 valence electrons. The van der Waals surface area contributed by atoms with Crippen molar-refractivity contribution in [3.63, 3.8) is 0 Å². The summed E-state index contributed by atoms with van der Waals surface area (Å²) in [6, 6.07) is 4.03. The van der Waals surface area contributed by atoms with Gasteiger partial charge in [-0.1, -0.05) is 0 Å². The van der Waals surface area contributed by atoms with Crippen LogP contribution >= 0.6 is 23.1 Å². The largest absolute Gasteiger partial charge is 0.352 e. The van der Waals surface area contributed by atoms with Gasteiger partial charge < -0.3 is 5.32 Å². The Morgan fingerprint density at radius 3 is 2.85 bits per heavy atom. The lowest BCUT2D eigenvalue weighted by atomic mass is 10.2. The zero-order valence-corrected chi connectivity index (χ0v) is 17.6. The number of carbonyl (C=O) groups is 1. The maximum Gasteiger partial charge on any atom is 0.254 e. The highest BCUT2D eigenvalue weighted by atomic mass is 32.2. The maximum absolute atomic E-state index is 12.4. The van der Waals surface area contributed by atoms with Crippen LogP contribution in [0, 0.1) is 20.8 Å². The van der Waals surface area contributed by atoms with Gasteiger partial charge >= 0.3 is 0 Å². The number of rotatable bonds is 7. The number of carbonyl (C=O) groups excluding carboxylic acids is 1. The van der Waals surface area contributed by atoms with Gasteiger partial charge in [-0.25, -0.2) is 14.6 Å². The minimum Gasteiger partial charge on any atom is -0.352 e. The predicted octanol–water partition coefficient (Wildman–Crippen LogP) is 3.80. The molecule has 27 heavy (non-hydrogen) atoms. The highest BCUT2D eigenvalue weighted by Gasteiger charge is 2.17. The van der Waals surface area contributed by atoms with E-state index in [0.717, 1.165) is 29.1 Å². The molecule has 0 saturated carbocycles. The van der Waals surface area contributed by atoms with E-state index in [-0.39, 0.29) is 5.91 Å². The molecule has 3 heterocycles. The number of aromatic nitrogens is 4. The third kappa shape index (κ3) is 4.39. The molecule has 0 saturated heterocycles. The van der Waals surface area contributed by atoms with E-state index in [1.807, 2.05) is 13.0 Å². The summed E-state index contributed by atoms with van der Waals surface area (Å²) in [5, 5.41) is 7.28. The van der Waals surface area contributed by atoms with Crippen molar-refractivity contribution in [2.45, 2.75) is 27.2 Å². The van der Waals surface area contributed by atoms with Crippen LogP contribution in [0.2, 0.25) is 0 Å². The van der Waals surface area contributed by atoms with Crippen molar-refractivity contribution in [1.82, 2.24) is 25.1 Å². The summed E-state index contributed by atoms with van der Waals surface area (Å²) in [6.45, 7) is 6.70. The Kier molecular flexibility index (Phi) is 6.28. The van der Waals surface area contributed by atoms with Crippen molar-refractivity contribution in [1.29, 1.82) is 0 Å². The van der Waals surface area contributed by atoms with Crippen LogP contribution in [0.25, 0.3) is 17.2 Å². The lowest BCUT2D eigenvalue weighted by Gasteiger charge is -2.07. The van der Waals surface area contributed by atoms with Crippen molar-refractivity contribution in [3.05, 3.63) is 45.5 Å². The first kappa shape index (κ1) is 19.6. The number of hydrogen-bond donors (Lipinski definition) is 1. The van der Waals surface area contributed by atoms with Gasteiger partial charge in [0.25, 0.3) is 11.9 Å². The molecular formula is C19H23N5OS2. The van der Waals surface area contributed by atoms with E-state index in [1.165, 1.54) is 9.75 Å². The molecular weight excluding hydrogens is 378 g/mol. The Balaban J connectivity index is 1.83. The lowest BCUT2D eigenvalue weighted by molar-refractivity contribution is 0.0953. The Morgan fingerprint density at radius 1 is 1.33 bits per heavy atom. The van der Waals surface area contributed by atoms with Crippen LogP contribution in [0.4, 0.5) is 0 Å². The third-order valence-electron chi connectivity index (χ3n) is 4.21. The number of nitrogens with one attached hydrogen (secondary N) is 1. The van der Waals surface area contributed by atoms with Crippen LogP contribution in [0.15, 0.2) is 24.5 Å². The average molecular weight is 402 g/mol. The number of hydrogen-bond acceptors (Lipinski definition) is 6. The van der Waals surface area contributed by atoms with Crippen molar-refractivity contribution < 1.29 is 4.79 Å². The van der Waals surface area contributed by atoms with E-state index in [1.54, 1.807) is 40.2 Å². The summed E-state index contributed by atoms with van der Waals surface area (Å²) in [4.78, 5) is 23.9. The fourth-order valence-corrected chi connectivity index (χ4v) is 4.20. The molecule has 8 heteroatoms. The maximum atomic E-state index is 12.4. The molecule has 3 aromatic heterocycles. The van der Waals surface area contributed by atoms with Gasteiger partial charge in [0, 0.05) is 28.1 Å². The van der Waals surface area contributed by atoms with E-state index in [2.05, 4.69) is 46.6 Å². The Labute approximate surface area is 167 Å². The Hall–Kier alpha value is -2.19. The van der Waals surface area contributed by atoms with Crippen LogP contribution in [-0.4, -0.2) is 44.2 Å². The summed E-state index contributed by atoms with van der Waals surface area (Å²) in [5.74, 6) is 1.38. The Bertz CT molecular complexity index is 947. The topological polar surface area (TPSA) is 72.7 Å². The molecule has 3 aromatic rings. The predicted molar refractivity (Wildman–Crippen MR) is 112 cm³/mol. The summed E-state index contributed by atoms with van der Waals surface area (Å²) < 4.78 is 1.62. The van der Waals surface area contributed by atoms with Crippen LogP contribution < -0.4 is 5.32 Å². The van der Waals surface area contributed by atoms with E-state index in [0.29, 0.717) is 18.1 Å². The molecule has 0 atom stereocenters. The molecule has 0 aromatic carbocycles. The van der Waals surface area contributed by atoms with Gasteiger partial charge in [-0.2, -0.15) is 16.9 Å². The van der Waals surface area contributed by atoms with Gasteiger partial charge in [-0.05, 0) is 51.3 Å². The molecule has 0 radical (unpaired) electrons. The first-order valence-corrected chi connectivity index (χ1v) is 10.9. The molecule has 0 aliphatic heterocycles. The lowest BCUT2D eigenvalue weighted by Crippen LogP contribution is -2.25. The fourth-order valence-electron chi connectivity index (χ4n) is 2.83. The summed E-state index contributed by atoms with van der Waals surface area (Å²) in [5.41, 5.74) is 3.25. The normalized spacial score (nSPS) is 11.0. The van der Waals surface area contributed by atoms with E-state index < -0.39 is 0 Å². The summed E-state index contributed by atoms with van der Waals surface area (Å²) in [7, 11) is 0.